The number of hydrogen-bond acceptors (Lipinski definition) is 6. The van der Waals surface area contributed by atoms with E-state index in [0.717, 1.165) is 73.7 Å². The highest BCUT2D eigenvalue weighted by Crippen LogP contribution is 2.41. The van der Waals surface area contributed by atoms with Crippen LogP contribution in [-0.2, 0) is 9.53 Å². The molecule has 3 fully saturated rings. The molecule has 1 saturated heterocycles. The van der Waals surface area contributed by atoms with Crippen LogP contribution in [0.5, 0.6) is 0 Å². The van der Waals surface area contributed by atoms with Crippen molar-refractivity contribution in [3.8, 4) is 0 Å². The smallest absolute Gasteiger partial charge is 0.331 e. The molecule has 0 atom stereocenters. The highest BCUT2D eigenvalue weighted by Gasteiger charge is 2.31. The lowest BCUT2D eigenvalue weighted by molar-refractivity contribution is -0.145. The predicted octanol–water partition coefficient (Wildman–Crippen LogP) is 6.90. The molecule has 0 aromatic heterocycles. The number of rotatable bonds is 8. The summed E-state index contributed by atoms with van der Waals surface area (Å²) in [6.07, 6.45) is 16.4. The lowest BCUT2D eigenvalue weighted by atomic mass is 9.70. The average molecular weight is 545 g/mol. The molecule has 4 N–H and O–H groups in total. The lowest BCUT2D eigenvalue weighted by Gasteiger charge is -2.38. The van der Waals surface area contributed by atoms with Crippen LogP contribution in [-0.4, -0.2) is 38.3 Å². The Kier molecular flexibility index (Phi) is 9.56. The van der Waals surface area contributed by atoms with Crippen LogP contribution in [0.25, 0.3) is 6.08 Å². The summed E-state index contributed by atoms with van der Waals surface area (Å²) in [7, 11) is 0. The van der Waals surface area contributed by atoms with E-state index in [1.54, 1.807) is 6.08 Å². The number of anilines is 4. The van der Waals surface area contributed by atoms with Crippen LogP contribution in [0.1, 0.15) is 76.7 Å². The first-order valence-electron chi connectivity index (χ1n) is 15.6. The van der Waals surface area contributed by atoms with Crippen molar-refractivity contribution in [2.24, 2.45) is 17.8 Å². The Labute approximate surface area is 240 Å². The second kappa shape index (κ2) is 13.5. The first kappa shape index (κ1) is 28.4. The summed E-state index contributed by atoms with van der Waals surface area (Å²) >= 11 is 0. The van der Waals surface area contributed by atoms with Crippen molar-refractivity contribution in [1.29, 1.82) is 0 Å². The number of carbonyl (C=O) groups excluding carboxylic acids is 1. The van der Waals surface area contributed by atoms with Gasteiger partial charge in [-0.15, -0.1) is 0 Å². The zero-order chi connectivity index (χ0) is 27.9. The Morgan fingerprint density at radius 3 is 2.10 bits per heavy atom. The van der Waals surface area contributed by atoms with Crippen molar-refractivity contribution >= 4 is 34.8 Å². The summed E-state index contributed by atoms with van der Waals surface area (Å²) in [4.78, 5) is 17.2. The SMILES string of the molecule is CCCC1CCC(C2CCC(OC(=O)/C=C/c3ccc(N4CCN(c5ccc(N)cc5N)CC4)cc3)CC2)CC1. The van der Waals surface area contributed by atoms with E-state index in [1.165, 1.54) is 57.1 Å². The summed E-state index contributed by atoms with van der Waals surface area (Å²) in [5, 5.41) is 0. The van der Waals surface area contributed by atoms with E-state index >= 15 is 0 Å². The second-order valence-electron chi connectivity index (χ2n) is 12.3. The molecule has 2 aliphatic carbocycles. The molecule has 40 heavy (non-hydrogen) atoms. The number of nitrogens with zero attached hydrogens (tertiary/aromatic N) is 2. The number of ether oxygens (including phenoxy) is 1. The van der Waals surface area contributed by atoms with Gasteiger partial charge in [-0.3, -0.25) is 0 Å². The zero-order valence-corrected chi connectivity index (χ0v) is 24.3. The lowest BCUT2D eigenvalue weighted by Crippen LogP contribution is -2.46. The third-order valence-electron chi connectivity index (χ3n) is 9.60. The van der Waals surface area contributed by atoms with Gasteiger partial charge in [0, 0.05) is 43.6 Å². The van der Waals surface area contributed by atoms with E-state index in [-0.39, 0.29) is 12.1 Å². The van der Waals surface area contributed by atoms with Crippen LogP contribution >= 0.6 is 0 Å². The number of nitrogen functional groups attached to an aromatic ring is 2. The minimum Gasteiger partial charge on any atom is -0.459 e. The fourth-order valence-corrected chi connectivity index (χ4v) is 7.27. The Morgan fingerprint density at radius 1 is 0.850 bits per heavy atom. The van der Waals surface area contributed by atoms with E-state index in [0.29, 0.717) is 5.69 Å². The summed E-state index contributed by atoms with van der Waals surface area (Å²) in [5.74, 6) is 2.49. The maximum absolute atomic E-state index is 12.5. The molecule has 0 bridgehead atoms. The number of piperazine rings is 1. The minimum atomic E-state index is -0.217. The molecule has 2 aromatic carbocycles. The molecular formula is C34H48N4O2. The van der Waals surface area contributed by atoms with Gasteiger partial charge in [-0.2, -0.15) is 0 Å². The first-order valence-corrected chi connectivity index (χ1v) is 15.6. The van der Waals surface area contributed by atoms with Crippen molar-refractivity contribution in [1.82, 2.24) is 0 Å². The van der Waals surface area contributed by atoms with Crippen LogP contribution in [0, 0.1) is 17.8 Å². The van der Waals surface area contributed by atoms with E-state index in [9.17, 15) is 4.79 Å². The molecule has 6 nitrogen and oxygen atoms in total. The Bertz CT molecular complexity index is 1120. The van der Waals surface area contributed by atoms with Crippen molar-refractivity contribution < 1.29 is 9.53 Å². The number of carbonyl (C=O) groups is 1. The molecule has 6 heteroatoms. The highest BCUT2D eigenvalue weighted by atomic mass is 16.5. The Morgan fingerprint density at radius 2 is 1.48 bits per heavy atom. The molecule has 0 unspecified atom stereocenters. The minimum absolute atomic E-state index is 0.0782. The molecule has 1 aliphatic heterocycles. The molecule has 0 amide bonds. The summed E-state index contributed by atoms with van der Waals surface area (Å²) < 4.78 is 5.82. The largest absolute Gasteiger partial charge is 0.459 e. The van der Waals surface area contributed by atoms with Gasteiger partial charge in [-0.25, -0.2) is 4.79 Å². The zero-order valence-electron chi connectivity index (χ0n) is 24.3. The van der Waals surface area contributed by atoms with Gasteiger partial charge in [0.1, 0.15) is 6.10 Å². The third kappa shape index (κ3) is 7.32. The van der Waals surface area contributed by atoms with E-state index < -0.39 is 0 Å². The Hall–Kier alpha value is -3.15. The maximum atomic E-state index is 12.5. The summed E-state index contributed by atoms with van der Waals surface area (Å²) in [6, 6.07) is 14.2. The van der Waals surface area contributed by atoms with Gasteiger partial charge in [0.2, 0.25) is 0 Å². The molecule has 5 rings (SSSR count). The van der Waals surface area contributed by atoms with Crippen LogP contribution in [0.15, 0.2) is 48.5 Å². The molecular weight excluding hydrogens is 496 g/mol. The molecule has 0 spiro atoms. The normalized spacial score (nSPS) is 25.7. The number of esters is 1. The summed E-state index contributed by atoms with van der Waals surface area (Å²) in [6.45, 7) is 5.97. The Balaban J connectivity index is 1.03. The van der Waals surface area contributed by atoms with Gasteiger partial charge in [0.05, 0.1) is 11.4 Å². The van der Waals surface area contributed by atoms with Gasteiger partial charge in [-0.1, -0.05) is 44.7 Å². The van der Waals surface area contributed by atoms with Crippen LogP contribution < -0.4 is 21.3 Å². The molecule has 3 aliphatic rings. The molecule has 216 valence electrons. The van der Waals surface area contributed by atoms with Gasteiger partial charge in [0.15, 0.2) is 0 Å². The standard InChI is InChI=1S/C34H48N4O2/c1-2-3-25-4-9-27(10-5-25)28-11-16-31(17-12-28)40-34(39)19-8-26-6-14-30(15-7-26)37-20-22-38(23-21-37)33-18-13-29(35)24-32(33)36/h6-8,13-15,18-19,24-25,27-28,31H,2-5,9-12,16-17,20-23,35-36H2,1H3/b19-8+. The molecule has 1 heterocycles. The van der Waals surface area contributed by atoms with Crippen molar-refractivity contribution in [2.75, 3.05) is 47.4 Å². The number of benzene rings is 2. The molecule has 2 aromatic rings. The summed E-state index contributed by atoms with van der Waals surface area (Å²) in [5.41, 5.74) is 16.7. The van der Waals surface area contributed by atoms with Crippen LogP contribution in [0.2, 0.25) is 0 Å². The van der Waals surface area contributed by atoms with Gasteiger partial charge < -0.3 is 26.0 Å². The quantitative estimate of drug-likeness (QED) is 0.214. The van der Waals surface area contributed by atoms with E-state index in [1.807, 2.05) is 24.3 Å². The third-order valence-corrected chi connectivity index (χ3v) is 9.60. The highest BCUT2D eigenvalue weighted by molar-refractivity contribution is 5.87. The topological polar surface area (TPSA) is 84.8 Å². The maximum Gasteiger partial charge on any atom is 0.331 e. The van der Waals surface area contributed by atoms with Crippen molar-refractivity contribution in [3.63, 3.8) is 0 Å². The average Bonchev–Trinajstić information content (AvgIpc) is 2.98. The number of hydrogen-bond donors (Lipinski definition) is 2. The fraction of sp³-hybridized carbons (Fsp3) is 0.559. The van der Waals surface area contributed by atoms with E-state index in [4.69, 9.17) is 16.2 Å². The first-order chi connectivity index (χ1) is 19.5. The van der Waals surface area contributed by atoms with Gasteiger partial charge in [-0.05, 0) is 98.2 Å². The number of nitrogens with two attached hydrogens (primary N) is 2. The van der Waals surface area contributed by atoms with Gasteiger partial charge >= 0.3 is 5.97 Å². The van der Waals surface area contributed by atoms with Crippen LogP contribution in [0.3, 0.4) is 0 Å². The fourth-order valence-electron chi connectivity index (χ4n) is 7.27. The molecule has 0 radical (unpaired) electrons. The van der Waals surface area contributed by atoms with Gasteiger partial charge in [0.25, 0.3) is 0 Å². The molecule has 2 saturated carbocycles. The van der Waals surface area contributed by atoms with Crippen molar-refractivity contribution in [2.45, 2.75) is 77.2 Å². The monoisotopic (exact) mass is 544 g/mol. The predicted molar refractivity (Wildman–Crippen MR) is 167 cm³/mol. The second-order valence-corrected chi connectivity index (χ2v) is 12.3. The van der Waals surface area contributed by atoms with Crippen LogP contribution in [0.4, 0.5) is 22.7 Å². The van der Waals surface area contributed by atoms with E-state index in [2.05, 4.69) is 41.0 Å². The van der Waals surface area contributed by atoms with Crippen molar-refractivity contribution in [3.05, 3.63) is 54.1 Å².